The largest absolute Gasteiger partial charge is 0.484 e. The van der Waals surface area contributed by atoms with Crippen LogP contribution in [0.25, 0.3) is 0 Å². The fraction of sp³-hybridized carbons (Fsp3) is 0.312. The number of rotatable bonds is 8. The average Bonchev–Trinajstić information content (AvgIpc) is 3.03. The van der Waals surface area contributed by atoms with Crippen LogP contribution in [0.3, 0.4) is 0 Å². The van der Waals surface area contributed by atoms with E-state index in [-0.39, 0.29) is 12.5 Å². The molecule has 0 saturated carbocycles. The van der Waals surface area contributed by atoms with E-state index in [4.69, 9.17) is 25.5 Å². The normalized spacial score (nSPS) is 10.5. The van der Waals surface area contributed by atoms with Crippen molar-refractivity contribution in [2.24, 2.45) is 0 Å². The summed E-state index contributed by atoms with van der Waals surface area (Å²) in [5.41, 5.74) is 0.927. The number of amides is 1. The Bertz CT molecular complexity index is 568. The minimum Gasteiger partial charge on any atom is -0.484 e. The van der Waals surface area contributed by atoms with Gasteiger partial charge < -0.3 is 18.8 Å². The molecule has 2 aromatic rings. The Kier molecular flexibility index (Phi) is 6.30. The first-order valence-electron chi connectivity index (χ1n) is 6.85. The SMILES string of the molecule is COCCN(Cc1ccoc1)C(=O)COc1ccc(Cl)cc1. The van der Waals surface area contributed by atoms with Crippen molar-refractivity contribution in [3.8, 4) is 5.75 Å². The highest BCUT2D eigenvalue weighted by molar-refractivity contribution is 6.30. The molecule has 1 heterocycles. The molecule has 5 nitrogen and oxygen atoms in total. The lowest BCUT2D eigenvalue weighted by molar-refractivity contribution is -0.134. The molecule has 0 fully saturated rings. The third-order valence-corrected chi connectivity index (χ3v) is 3.30. The van der Waals surface area contributed by atoms with Gasteiger partial charge in [0.15, 0.2) is 6.61 Å². The molecule has 0 aliphatic rings. The lowest BCUT2D eigenvalue weighted by Gasteiger charge is -2.21. The van der Waals surface area contributed by atoms with Crippen molar-refractivity contribution in [2.45, 2.75) is 6.54 Å². The zero-order valence-corrected chi connectivity index (χ0v) is 13.1. The van der Waals surface area contributed by atoms with Gasteiger partial charge in [-0.05, 0) is 30.3 Å². The number of furan rings is 1. The number of hydrogen-bond acceptors (Lipinski definition) is 4. The molecule has 1 amide bonds. The van der Waals surface area contributed by atoms with Gasteiger partial charge in [0.05, 0.1) is 19.1 Å². The van der Waals surface area contributed by atoms with Crippen molar-refractivity contribution in [2.75, 3.05) is 26.9 Å². The summed E-state index contributed by atoms with van der Waals surface area (Å²) in [5.74, 6) is 0.487. The number of ether oxygens (including phenoxy) is 2. The molecule has 1 aromatic carbocycles. The maximum absolute atomic E-state index is 12.3. The Morgan fingerprint density at radius 3 is 2.68 bits per heavy atom. The van der Waals surface area contributed by atoms with Gasteiger partial charge in [-0.2, -0.15) is 0 Å². The first-order valence-corrected chi connectivity index (χ1v) is 7.23. The fourth-order valence-electron chi connectivity index (χ4n) is 1.86. The smallest absolute Gasteiger partial charge is 0.260 e. The van der Waals surface area contributed by atoms with Crippen molar-refractivity contribution in [3.05, 3.63) is 53.4 Å². The van der Waals surface area contributed by atoms with Crippen LogP contribution in [0.1, 0.15) is 5.56 Å². The summed E-state index contributed by atoms with van der Waals surface area (Å²) in [4.78, 5) is 14.0. The van der Waals surface area contributed by atoms with Gasteiger partial charge >= 0.3 is 0 Å². The van der Waals surface area contributed by atoms with E-state index in [1.54, 1.807) is 48.8 Å². The fourth-order valence-corrected chi connectivity index (χ4v) is 1.99. The minimum absolute atomic E-state index is 0.0385. The second-order valence-corrected chi connectivity index (χ2v) is 5.12. The van der Waals surface area contributed by atoms with Crippen molar-refractivity contribution < 1.29 is 18.7 Å². The Labute approximate surface area is 134 Å². The van der Waals surface area contributed by atoms with Gasteiger partial charge in [-0.15, -0.1) is 0 Å². The van der Waals surface area contributed by atoms with Crippen molar-refractivity contribution in [3.63, 3.8) is 0 Å². The van der Waals surface area contributed by atoms with Crippen LogP contribution in [0, 0.1) is 0 Å². The summed E-state index contributed by atoms with van der Waals surface area (Å²) in [7, 11) is 1.60. The molecule has 0 saturated heterocycles. The van der Waals surface area contributed by atoms with Crippen LogP contribution in [-0.4, -0.2) is 37.7 Å². The van der Waals surface area contributed by atoms with Gasteiger partial charge in [0, 0.05) is 30.8 Å². The first kappa shape index (κ1) is 16.4. The molecule has 0 aliphatic heterocycles. The van der Waals surface area contributed by atoms with Crippen LogP contribution in [-0.2, 0) is 16.1 Å². The molecule has 0 unspecified atom stereocenters. The first-order chi connectivity index (χ1) is 10.7. The van der Waals surface area contributed by atoms with Gasteiger partial charge in [-0.1, -0.05) is 11.6 Å². The number of nitrogens with zero attached hydrogens (tertiary/aromatic N) is 1. The number of methoxy groups -OCH3 is 1. The molecule has 0 spiro atoms. The van der Waals surface area contributed by atoms with E-state index in [2.05, 4.69) is 0 Å². The van der Waals surface area contributed by atoms with Crippen LogP contribution in [0.2, 0.25) is 5.02 Å². The van der Waals surface area contributed by atoms with Gasteiger partial charge in [-0.3, -0.25) is 4.79 Å². The molecule has 2 rings (SSSR count). The monoisotopic (exact) mass is 323 g/mol. The number of carbonyl (C=O) groups excluding carboxylic acids is 1. The molecular weight excluding hydrogens is 306 g/mol. The predicted molar refractivity (Wildman–Crippen MR) is 82.9 cm³/mol. The van der Waals surface area contributed by atoms with Gasteiger partial charge in [0.25, 0.3) is 5.91 Å². The van der Waals surface area contributed by atoms with Crippen LogP contribution in [0.4, 0.5) is 0 Å². The van der Waals surface area contributed by atoms with Gasteiger partial charge in [-0.25, -0.2) is 0 Å². The summed E-state index contributed by atoms with van der Waals surface area (Å²) in [6, 6.07) is 8.72. The maximum Gasteiger partial charge on any atom is 0.260 e. The lowest BCUT2D eigenvalue weighted by Crippen LogP contribution is -2.36. The Morgan fingerprint density at radius 1 is 1.27 bits per heavy atom. The summed E-state index contributed by atoms with van der Waals surface area (Å²) < 4.78 is 15.6. The molecule has 1 aromatic heterocycles. The quantitative estimate of drug-likeness (QED) is 0.749. The average molecular weight is 324 g/mol. The molecule has 0 atom stereocenters. The van der Waals surface area contributed by atoms with Crippen LogP contribution >= 0.6 is 11.6 Å². The molecular formula is C16H18ClNO4. The molecule has 0 aliphatic carbocycles. The molecule has 0 radical (unpaired) electrons. The second kappa shape index (κ2) is 8.46. The summed E-state index contributed by atoms with van der Waals surface area (Å²) in [6.45, 7) is 1.38. The Balaban J connectivity index is 1.91. The molecule has 0 N–H and O–H groups in total. The van der Waals surface area contributed by atoms with Crippen LogP contribution < -0.4 is 4.74 Å². The number of benzene rings is 1. The van der Waals surface area contributed by atoms with Gasteiger partial charge in [0.2, 0.25) is 0 Å². The topological polar surface area (TPSA) is 51.9 Å². The number of hydrogen-bond donors (Lipinski definition) is 0. The summed E-state index contributed by atoms with van der Waals surface area (Å²) in [6.07, 6.45) is 3.20. The third-order valence-electron chi connectivity index (χ3n) is 3.05. The van der Waals surface area contributed by atoms with Gasteiger partial charge in [0.1, 0.15) is 5.75 Å². The Morgan fingerprint density at radius 2 is 2.05 bits per heavy atom. The standard InChI is InChI=1S/C16H18ClNO4/c1-20-9-7-18(10-13-6-8-21-11-13)16(19)12-22-15-4-2-14(17)3-5-15/h2-6,8,11H,7,9-10,12H2,1H3. The zero-order valence-electron chi connectivity index (χ0n) is 12.3. The second-order valence-electron chi connectivity index (χ2n) is 4.68. The van der Waals surface area contributed by atoms with Crippen LogP contribution in [0.5, 0.6) is 5.75 Å². The molecule has 0 bridgehead atoms. The number of carbonyl (C=O) groups is 1. The molecule has 22 heavy (non-hydrogen) atoms. The van der Waals surface area contributed by atoms with E-state index in [1.165, 1.54) is 0 Å². The highest BCUT2D eigenvalue weighted by atomic mass is 35.5. The summed E-state index contributed by atoms with van der Waals surface area (Å²) >= 11 is 5.81. The molecule has 118 valence electrons. The van der Waals surface area contributed by atoms with E-state index < -0.39 is 0 Å². The van der Waals surface area contributed by atoms with Crippen molar-refractivity contribution >= 4 is 17.5 Å². The van der Waals surface area contributed by atoms with E-state index in [1.807, 2.05) is 6.07 Å². The van der Waals surface area contributed by atoms with Crippen LogP contribution in [0.15, 0.2) is 47.3 Å². The van der Waals surface area contributed by atoms with E-state index in [0.717, 1.165) is 5.56 Å². The third kappa shape index (κ3) is 5.09. The summed E-state index contributed by atoms with van der Waals surface area (Å²) in [5, 5.41) is 0.625. The maximum atomic E-state index is 12.3. The Hall–Kier alpha value is -1.98. The lowest BCUT2D eigenvalue weighted by atomic mass is 10.3. The number of halogens is 1. The van der Waals surface area contributed by atoms with E-state index in [9.17, 15) is 4.79 Å². The van der Waals surface area contributed by atoms with E-state index in [0.29, 0.717) is 30.5 Å². The molecule has 6 heteroatoms. The van der Waals surface area contributed by atoms with Crippen molar-refractivity contribution in [1.29, 1.82) is 0 Å². The highest BCUT2D eigenvalue weighted by Crippen LogP contribution is 2.15. The predicted octanol–water partition coefficient (Wildman–Crippen LogP) is 2.99. The highest BCUT2D eigenvalue weighted by Gasteiger charge is 2.15. The van der Waals surface area contributed by atoms with E-state index >= 15 is 0 Å². The van der Waals surface area contributed by atoms with Crippen molar-refractivity contribution in [1.82, 2.24) is 4.90 Å². The minimum atomic E-state index is -0.117. The zero-order chi connectivity index (χ0) is 15.8.